The number of benzene rings is 2. The van der Waals surface area contributed by atoms with Crippen molar-refractivity contribution in [1.82, 2.24) is 5.43 Å². The number of nitrogens with zero attached hydrogens (tertiary/aromatic N) is 1. The average molecular weight is 328 g/mol. The van der Waals surface area contributed by atoms with Gasteiger partial charge < -0.3 is 18.9 Å². The van der Waals surface area contributed by atoms with Crippen LogP contribution >= 0.6 is 0 Å². The predicted molar refractivity (Wildman–Crippen MR) is 87.2 cm³/mol. The number of fused-ring (bicyclic) bond motifs is 1. The summed E-state index contributed by atoms with van der Waals surface area (Å²) in [7, 11) is 3.05. The van der Waals surface area contributed by atoms with Gasteiger partial charge >= 0.3 is 0 Å². The van der Waals surface area contributed by atoms with Crippen LogP contribution in [0.15, 0.2) is 41.5 Å². The normalized spacial score (nSPS) is 12.2. The van der Waals surface area contributed by atoms with Crippen molar-refractivity contribution in [2.24, 2.45) is 5.10 Å². The van der Waals surface area contributed by atoms with Crippen LogP contribution in [0, 0.1) is 0 Å². The lowest BCUT2D eigenvalue weighted by Crippen LogP contribution is -2.17. The van der Waals surface area contributed by atoms with E-state index in [9.17, 15) is 4.79 Å². The van der Waals surface area contributed by atoms with Crippen LogP contribution < -0.4 is 24.4 Å². The summed E-state index contributed by atoms with van der Waals surface area (Å²) in [6.45, 7) is 0.214. The maximum Gasteiger partial charge on any atom is 0.271 e. The number of ether oxygens (including phenoxy) is 4. The van der Waals surface area contributed by atoms with Crippen molar-refractivity contribution in [1.29, 1.82) is 0 Å². The molecule has 0 bridgehead atoms. The van der Waals surface area contributed by atoms with Crippen molar-refractivity contribution in [2.45, 2.75) is 0 Å². The van der Waals surface area contributed by atoms with Crippen molar-refractivity contribution in [3.8, 4) is 23.0 Å². The van der Waals surface area contributed by atoms with Crippen LogP contribution in [-0.4, -0.2) is 33.1 Å². The minimum Gasteiger partial charge on any atom is -0.493 e. The van der Waals surface area contributed by atoms with E-state index in [1.165, 1.54) is 20.4 Å². The van der Waals surface area contributed by atoms with E-state index in [1.807, 2.05) is 6.07 Å². The highest BCUT2D eigenvalue weighted by Gasteiger charge is 2.13. The summed E-state index contributed by atoms with van der Waals surface area (Å²) in [5, 5.41) is 3.95. The molecule has 1 N–H and O–H groups in total. The lowest BCUT2D eigenvalue weighted by Gasteiger charge is -2.08. The number of amides is 1. The Labute approximate surface area is 138 Å². The Hall–Kier alpha value is -3.22. The van der Waals surface area contributed by atoms with E-state index >= 15 is 0 Å². The minimum atomic E-state index is -0.354. The molecule has 124 valence electrons. The van der Waals surface area contributed by atoms with Crippen LogP contribution in [-0.2, 0) is 0 Å². The maximum atomic E-state index is 12.1. The maximum absolute atomic E-state index is 12.1. The molecule has 0 aliphatic carbocycles. The van der Waals surface area contributed by atoms with E-state index < -0.39 is 0 Å². The molecule has 2 aromatic carbocycles. The highest BCUT2D eigenvalue weighted by molar-refractivity contribution is 5.95. The van der Waals surface area contributed by atoms with Gasteiger partial charge in [0.05, 0.1) is 20.4 Å². The molecule has 0 fully saturated rings. The SMILES string of the molecule is COc1ccc(C(=O)N/N=C\c2ccc3c(c2)OCO3)cc1OC. The molecule has 24 heavy (non-hydrogen) atoms. The first-order valence-corrected chi connectivity index (χ1v) is 7.16. The first-order chi connectivity index (χ1) is 11.7. The fourth-order valence-electron chi connectivity index (χ4n) is 2.20. The molecule has 0 saturated carbocycles. The van der Waals surface area contributed by atoms with Gasteiger partial charge in [-0.1, -0.05) is 0 Å². The van der Waals surface area contributed by atoms with Crippen LogP contribution in [0.5, 0.6) is 23.0 Å². The molecule has 1 aliphatic heterocycles. The zero-order valence-corrected chi connectivity index (χ0v) is 13.2. The molecule has 3 rings (SSSR count). The summed E-state index contributed by atoms with van der Waals surface area (Å²) in [5.41, 5.74) is 3.66. The van der Waals surface area contributed by atoms with Crippen molar-refractivity contribution < 1.29 is 23.7 Å². The van der Waals surface area contributed by atoms with E-state index in [1.54, 1.807) is 30.3 Å². The molecule has 1 aliphatic rings. The average Bonchev–Trinajstić information content (AvgIpc) is 3.08. The fraction of sp³-hybridized carbons (Fsp3) is 0.176. The lowest BCUT2D eigenvalue weighted by atomic mass is 10.2. The Morgan fingerprint density at radius 3 is 2.67 bits per heavy atom. The van der Waals surface area contributed by atoms with Gasteiger partial charge in [-0.3, -0.25) is 4.79 Å². The number of hydrogen-bond donors (Lipinski definition) is 1. The zero-order chi connectivity index (χ0) is 16.9. The molecule has 0 unspecified atom stereocenters. The molecule has 1 amide bonds. The molecule has 7 nitrogen and oxygen atoms in total. The summed E-state index contributed by atoms with van der Waals surface area (Å²) in [4.78, 5) is 12.1. The molecule has 0 aromatic heterocycles. The Balaban J connectivity index is 1.67. The van der Waals surface area contributed by atoms with Crippen LogP contribution in [0.1, 0.15) is 15.9 Å². The smallest absolute Gasteiger partial charge is 0.271 e. The third kappa shape index (κ3) is 3.24. The van der Waals surface area contributed by atoms with Crippen molar-refractivity contribution >= 4 is 12.1 Å². The quantitative estimate of drug-likeness (QED) is 0.672. The molecule has 2 aromatic rings. The van der Waals surface area contributed by atoms with E-state index in [4.69, 9.17) is 18.9 Å². The Morgan fingerprint density at radius 1 is 1.08 bits per heavy atom. The summed E-state index contributed by atoms with van der Waals surface area (Å²) in [6, 6.07) is 10.3. The first-order valence-electron chi connectivity index (χ1n) is 7.16. The van der Waals surface area contributed by atoms with Gasteiger partial charge in [-0.05, 0) is 42.0 Å². The third-order valence-electron chi connectivity index (χ3n) is 3.42. The standard InChI is InChI=1S/C17H16N2O5/c1-21-13-6-4-12(8-15(13)22-2)17(20)19-18-9-11-3-5-14-16(7-11)24-10-23-14/h3-9H,10H2,1-2H3,(H,19,20)/b18-9-. The highest BCUT2D eigenvalue weighted by atomic mass is 16.7. The molecule has 7 heteroatoms. The van der Waals surface area contributed by atoms with Gasteiger partial charge in [0.15, 0.2) is 23.0 Å². The molecular weight excluding hydrogens is 312 g/mol. The molecular formula is C17H16N2O5. The molecule has 0 saturated heterocycles. The first kappa shape index (κ1) is 15.7. The van der Waals surface area contributed by atoms with E-state index in [0.29, 0.717) is 28.6 Å². The summed E-state index contributed by atoms with van der Waals surface area (Å²) in [5.74, 6) is 2.03. The molecule has 0 atom stereocenters. The Bertz CT molecular complexity index is 789. The molecule has 0 spiro atoms. The van der Waals surface area contributed by atoms with Gasteiger partial charge in [0.1, 0.15) is 0 Å². The fourth-order valence-corrected chi connectivity index (χ4v) is 2.20. The number of methoxy groups -OCH3 is 2. The van der Waals surface area contributed by atoms with E-state index in [-0.39, 0.29) is 12.7 Å². The minimum absolute atomic E-state index is 0.214. The van der Waals surface area contributed by atoms with Gasteiger partial charge in [-0.2, -0.15) is 5.10 Å². The number of hydrogen-bond acceptors (Lipinski definition) is 6. The molecule has 0 radical (unpaired) electrons. The number of carbonyl (C=O) groups is 1. The van der Waals surface area contributed by atoms with Gasteiger partial charge in [0.25, 0.3) is 5.91 Å². The number of carbonyl (C=O) groups excluding carboxylic acids is 1. The zero-order valence-electron chi connectivity index (χ0n) is 13.2. The second-order valence-corrected chi connectivity index (χ2v) is 4.88. The van der Waals surface area contributed by atoms with E-state index in [0.717, 1.165) is 5.56 Å². The van der Waals surface area contributed by atoms with Gasteiger partial charge in [0.2, 0.25) is 6.79 Å². The number of rotatable bonds is 5. The van der Waals surface area contributed by atoms with Crippen LogP contribution in [0.4, 0.5) is 0 Å². The van der Waals surface area contributed by atoms with Crippen molar-refractivity contribution in [3.63, 3.8) is 0 Å². The second-order valence-electron chi connectivity index (χ2n) is 4.88. The van der Waals surface area contributed by atoms with Gasteiger partial charge in [-0.25, -0.2) is 5.43 Å². The van der Waals surface area contributed by atoms with Gasteiger partial charge in [-0.15, -0.1) is 0 Å². The monoisotopic (exact) mass is 328 g/mol. The highest BCUT2D eigenvalue weighted by Crippen LogP contribution is 2.32. The summed E-state index contributed by atoms with van der Waals surface area (Å²) < 4.78 is 20.8. The summed E-state index contributed by atoms with van der Waals surface area (Å²) >= 11 is 0. The van der Waals surface area contributed by atoms with Gasteiger partial charge in [0, 0.05) is 5.56 Å². The Kier molecular flexibility index (Phi) is 4.51. The Morgan fingerprint density at radius 2 is 1.88 bits per heavy atom. The second kappa shape index (κ2) is 6.91. The topological polar surface area (TPSA) is 78.4 Å². The molecule has 1 heterocycles. The van der Waals surface area contributed by atoms with Crippen LogP contribution in [0.25, 0.3) is 0 Å². The number of hydrazone groups is 1. The summed E-state index contributed by atoms with van der Waals surface area (Å²) in [6.07, 6.45) is 1.53. The number of nitrogens with one attached hydrogen (secondary N) is 1. The van der Waals surface area contributed by atoms with Crippen LogP contribution in [0.2, 0.25) is 0 Å². The van der Waals surface area contributed by atoms with Crippen molar-refractivity contribution in [3.05, 3.63) is 47.5 Å². The van der Waals surface area contributed by atoms with Crippen molar-refractivity contribution in [2.75, 3.05) is 21.0 Å². The van der Waals surface area contributed by atoms with Crippen LogP contribution in [0.3, 0.4) is 0 Å². The third-order valence-corrected chi connectivity index (χ3v) is 3.42. The van der Waals surface area contributed by atoms with E-state index in [2.05, 4.69) is 10.5 Å². The predicted octanol–water partition coefficient (Wildman–Crippen LogP) is 2.20. The lowest BCUT2D eigenvalue weighted by molar-refractivity contribution is 0.0954. The largest absolute Gasteiger partial charge is 0.493 e.